The second kappa shape index (κ2) is 5.80. The average molecular weight is 251 g/mol. The molecule has 0 aromatic carbocycles. The molecule has 0 aliphatic rings. The van der Waals surface area contributed by atoms with Crippen LogP contribution in [-0.4, -0.2) is 33.6 Å². The summed E-state index contributed by atoms with van der Waals surface area (Å²) in [7, 11) is 0. The van der Waals surface area contributed by atoms with Gasteiger partial charge in [0.1, 0.15) is 18.2 Å². The highest BCUT2D eigenvalue weighted by Crippen LogP contribution is 2.18. The summed E-state index contributed by atoms with van der Waals surface area (Å²) in [4.78, 5) is 21.5. The fraction of sp³-hybridized carbons (Fsp3) is 0.615. The van der Waals surface area contributed by atoms with Gasteiger partial charge in [-0.2, -0.15) is 0 Å². The van der Waals surface area contributed by atoms with E-state index in [0.29, 0.717) is 5.82 Å². The molecule has 18 heavy (non-hydrogen) atoms. The number of nitrogens with zero attached hydrogens (tertiary/aromatic N) is 3. The van der Waals surface area contributed by atoms with Crippen molar-refractivity contribution in [3.63, 3.8) is 0 Å². The zero-order chi connectivity index (χ0) is 13.9. The summed E-state index contributed by atoms with van der Waals surface area (Å²) < 4.78 is 0. The van der Waals surface area contributed by atoms with Crippen LogP contribution in [0.2, 0.25) is 0 Å². The number of carbonyl (C=O) groups is 1. The summed E-state index contributed by atoms with van der Waals surface area (Å²) in [6.45, 7) is 9.80. The molecule has 100 valence electrons. The van der Waals surface area contributed by atoms with Gasteiger partial charge in [-0.05, 0) is 20.8 Å². The fourth-order valence-corrected chi connectivity index (χ4v) is 1.65. The number of aryl methyl sites for hydroxylation is 1. The molecule has 5 nitrogen and oxygen atoms in total. The van der Waals surface area contributed by atoms with Gasteiger partial charge in [0.25, 0.3) is 0 Å². The highest BCUT2D eigenvalue weighted by atomic mass is 16.4. The molecule has 0 aliphatic heterocycles. The molecule has 0 bridgehead atoms. The first-order valence-corrected chi connectivity index (χ1v) is 6.15. The molecule has 0 fully saturated rings. The maximum Gasteiger partial charge on any atom is 0.323 e. The molecule has 0 saturated heterocycles. The minimum absolute atomic E-state index is 0.0499. The van der Waals surface area contributed by atoms with Gasteiger partial charge in [-0.25, -0.2) is 9.97 Å². The van der Waals surface area contributed by atoms with Gasteiger partial charge >= 0.3 is 5.97 Å². The van der Waals surface area contributed by atoms with E-state index in [9.17, 15) is 4.79 Å². The van der Waals surface area contributed by atoms with E-state index in [1.54, 1.807) is 4.90 Å². The lowest BCUT2D eigenvalue weighted by molar-refractivity contribution is -0.135. The number of carboxylic acids is 1. The Kier molecular flexibility index (Phi) is 4.64. The van der Waals surface area contributed by atoms with E-state index >= 15 is 0 Å². The highest BCUT2D eigenvalue weighted by molar-refractivity contribution is 5.73. The Labute approximate surface area is 108 Å². The Balaban J connectivity index is 3.15. The monoisotopic (exact) mass is 251 g/mol. The maximum atomic E-state index is 10.9. The van der Waals surface area contributed by atoms with Crippen molar-refractivity contribution in [2.75, 3.05) is 11.4 Å². The van der Waals surface area contributed by atoms with E-state index in [1.807, 2.05) is 40.7 Å². The molecular formula is C13H21N3O2. The number of aromatic nitrogens is 2. The van der Waals surface area contributed by atoms with E-state index in [0.717, 1.165) is 11.5 Å². The minimum atomic E-state index is -0.855. The number of anilines is 1. The van der Waals surface area contributed by atoms with Crippen molar-refractivity contribution < 1.29 is 9.90 Å². The quantitative estimate of drug-likeness (QED) is 0.869. The van der Waals surface area contributed by atoms with E-state index in [2.05, 4.69) is 9.97 Å². The predicted octanol–water partition coefficient (Wildman–Crippen LogP) is 2.21. The lowest BCUT2D eigenvalue weighted by Crippen LogP contribution is -2.36. The van der Waals surface area contributed by atoms with Gasteiger partial charge in [-0.3, -0.25) is 4.79 Å². The Morgan fingerprint density at radius 1 is 1.33 bits per heavy atom. The normalized spacial score (nSPS) is 11.1. The second-order valence-electron chi connectivity index (χ2n) is 5.00. The van der Waals surface area contributed by atoms with Crippen LogP contribution in [0.4, 0.5) is 5.82 Å². The third kappa shape index (κ3) is 3.68. The first kappa shape index (κ1) is 14.4. The SMILES string of the molecule is Cc1cc(N(CC(=O)O)C(C)C)nc(C(C)C)n1. The van der Waals surface area contributed by atoms with E-state index in [1.165, 1.54) is 0 Å². The van der Waals surface area contributed by atoms with Crippen molar-refractivity contribution >= 4 is 11.8 Å². The van der Waals surface area contributed by atoms with Gasteiger partial charge in [-0.1, -0.05) is 13.8 Å². The smallest absolute Gasteiger partial charge is 0.323 e. The molecule has 0 radical (unpaired) electrons. The van der Waals surface area contributed by atoms with Crippen LogP contribution in [-0.2, 0) is 4.79 Å². The second-order valence-corrected chi connectivity index (χ2v) is 5.00. The summed E-state index contributed by atoms with van der Waals surface area (Å²) >= 11 is 0. The first-order chi connectivity index (χ1) is 8.31. The summed E-state index contributed by atoms with van der Waals surface area (Å²) in [6, 6.07) is 1.91. The Bertz CT molecular complexity index is 430. The molecule has 1 rings (SSSR count). The number of rotatable bonds is 5. The Hall–Kier alpha value is -1.65. The lowest BCUT2D eigenvalue weighted by atomic mass is 10.2. The zero-order valence-corrected chi connectivity index (χ0v) is 11.6. The molecule has 1 N–H and O–H groups in total. The minimum Gasteiger partial charge on any atom is -0.480 e. The standard InChI is InChI=1S/C13H21N3O2/c1-8(2)13-14-10(5)6-11(15-13)16(9(3)4)7-12(17)18/h6,8-9H,7H2,1-5H3,(H,17,18). The predicted molar refractivity (Wildman–Crippen MR) is 71.0 cm³/mol. The molecule has 0 aliphatic carbocycles. The summed E-state index contributed by atoms with van der Waals surface area (Å²) in [5.74, 6) is 0.804. The van der Waals surface area contributed by atoms with Crippen molar-refractivity contribution in [2.45, 2.75) is 46.6 Å². The molecule has 0 spiro atoms. The molecular weight excluding hydrogens is 230 g/mol. The number of aliphatic carboxylic acids is 1. The van der Waals surface area contributed by atoms with Crippen LogP contribution in [0.1, 0.15) is 45.1 Å². The van der Waals surface area contributed by atoms with Gasteiger partial charge in [-0.15, -0.1) is 0 Å². The van der Waals surface area contributed by atoms with Crippen molar-refractivity contribution in [2.24, 2.45) is 0 Å². The van der Waals surface area contributed by atoms with Gasteiger partial charge in [0, 0.05) is 23.7 Å². The molecule has 1 aromatic rings. The topological polar surface area (TPSA) is 66.3 Å². The van der Waals surface area contributed by atoms with Gasteiger partial charge in [0.15, 0.2) is 0 Å². The Morgan fingerprint density at radius 2 is 1.94 bits per heavy atom. The third-order valence-electron chi connectivity index (χ3n) is 2.60. The molecule has 0 saturated carbocycles. The summed E-state index contributed by atoms with van der Waals surface area (Å²) in [5, 5.41) is 8.96. The van der Waals surface area contributed by atoms with Gasteiger partial charge < -0.3 is 10.0 Å². The molecule has 0 unspecified atom stereocenters. The number of hydrogen-bond acceptors (Lipinski definition) is 4. The first-order valence-electron chi connectivity index (χ1n) is 6.15. The van der Waals surface area contributed by atoms with Crippen LogP contribution in [0.5, 0.6) is 0 Å². The van der Waals surface area contributed by atoms with E-state index < -0.39 is 5.97 Å². The van der Waals surface area contributed by atoms with Crippen molar-refractivity contribution in [1.29, 1.82) is 0 Å². The molecule has 5 heteroatoms. The van der Waals surface area contributed by atoms with Gasteiger partial charge in [0.2, 0.25) is 0 Å². The van der Waals surface area contributed by atoms with Crippen LogP contribution < -0.4 is 4.90 Å². The number of hydrogen-bond donors (Lipinski definition) is 1. The number of carboxylic acid groups (broad SMARTS) is 1. The van der Waals surface area contributed by atoms with Crippen LogP contribution >= 0.6 is 0 Å². The van der Waals surface area contributed by atoms with Crippen molar-refractivity contribution in [3.8, 4) is 0 Å². The summed E-state index contributed by atoms with van der Waals surface area (Å²) in [6.07, 6.45) is 0. The van der Waals surface area contributed by atoms with Gasteiger partial charge in [0.05, 0.1) is 0 Å². The lowest BCUT2D eigenvalue weighted by Gasteiger charge is -2.26. The van der Waals surface area contributed by atoms with Crippen LogP contribution in [0.25, 0.3) is 0 Å². The van der Waals surface area contributed by atoms with Crippen molar-refractivity contribution in [3.05, 3.63) is 17.6 Å². The molecule has 0 atom stereocenters. The average Bonchev–Trinajstić information content (AvgIpc) is 2.24. The zero-order valence-electron chi connectivity index (χ0n) is 11.6. The fourth-order valence-electron chi connectivity index (χ4n) is 1.65. The molecule has 1 aromatic heterocycles. The maximum absolute atomic E-state index is 10.9. The summed E-state index contributed by atoms with van der Waals surface area (Å²) in [5.41, 5.74) is 0.861. The van der Waals surface area contributed by atoms with E-state index in [4.69, 9.17) is 5.11 Å². The highest BCUT2D eigenvalue weighted by Gasteiger charge is 2.17. The van der Waals surface area contributed by atoms with Crippen molar-refractivity contribution in [1.82, 2.24) is 9.97 Å². The van der Waals surface area contributed by atoms with Crippen LogP contribution in [0, 0.1) is 6.92 Å². The third-order valence-corrected chi connectivity index (χ3v) is 2.60. The van der Waals surface area contributed by atoms with Crippen LogP contribution in [0.3, 0.4) is 0 Å². The molecule has 1 heterocycles. The largest absolute Gasteiger partial charge is 0.480 e. The molecule has 0 amide bonds. The Morgan fingerprint density at radius 3 is 2.39 bits per heavy atom. The van der Waals surface area contributed by atoms with E-state index in [-0.39, 0.29) is 18.5 Å². The van der Waals surface area contributed by atoms with Crippen LogP contribution in [0.15, 0.2) is 6.07 Å².